The van der Waals surface area contributed by atoms with Gasteiger partial charge in [0.05, 0.1) is 0 Å². The Morgan fingerprint density at radius 1 is 1.00 bits per heavy atom. The van der Waals surface area contributed by atoms with Gasteiger partial charge in [-0.15, -0.1) is 0 Å². The summed E-state index contributed by atoms with van der Waals surface area (Å²) in [4.78, 5) is 0. The van der Waals surface area contributed by atoms with Gasteiger partial charge >= 0.3 is 0 Å². The lowest BCUT2D eigenvalue weighted by Gasteiger charge is -2.02. The predicted octanol–water partition coefficient (Wildman–Crippen LogP) is 4.37. The molecule has 2 rings (SSSR count). The van der Waals surface area contributed by atoms with E-state index in [9.17, 15) is 0 Å². The van der Waals surface area contributed by atoms with E-state index in [1.54, 1.807) is 0 Å². The topological polar surface area (TPSA) is 0 Å². The Hall–Kier alpha value is -1.30. The van der Waals surface area contributed by atoms with Gasteiger partial charge in [-0.2, -0.15) is 0 Å². The fourth-order valence-electron chi connectivity index (χ4n) is 1.87. The first-order valence-electron chi connectivity index (χ1n) is 5.80. The lowest BCUT2D eigenvalue weighted by Crippen LogP contribution is -1.85. The molecule has 0 saturated heterocycles. The van der Waals surface area contributed by atoms with Crippen LogP contribution in [0.15, 0.2) is 36.4 Å². The van der Waals surface area contributed by atoms with Crippen LogP contribution >= 0.6 is 0 Å². The van der Waals surface area contributed by atoms with Crippen molar-refractivity contribution in [3.63, 3.8) is 0 Å². The van der Waals surface area contributed by atoms with Gasteiger partial charge in [0, 0.05) is 0 Å². The third-order valence-electron chi connectivity index (χ3n) is 2.77. The number of hydrogen-bond acceptors (Lipinski definition) is 0. The molecule has 0 bridgehead atoms. The minimum atomic E-state index is 1.17. The van der Waals surface area contributed by atoms with Crippen molar-refractivity contribution in [3.8, 4) is 0 Å². The fraction of sp³-hybridized carbons (Fsp3) is 0.333. The van der Waals surface area contributed by atoms with E-state index in [2.05, 4.69) is 49.4 Å². The Kier molecular flexibility index (Phi) is 3.39. The van der Waals surface area contributed by atoms with E-state index in [0.29, 0.717) is 0 Å². The Morgan fingerprint density at radius 2 is 1.87 bits per heavy atom. The minimum Gasteiger partial charge on any atom is -0.0654 e. The molecular formula is C15H17. The lowest BCUT2D eigenvalue weighted by molar-refractivity contribution is 0.717. The van der Waals surface area contributed by atoms with Gasteiger partial charge in [0.25, 0.3) is 0 Å². The molecule has 15 heavy (non-hydrogen) atoms. The first-order valence-corrected chi connectivity index (χ1v) is 5.80. The SMILES string of the molecule is CCCCCc1[c]c2ccccc2cc1. The van der Waals surface area contributed by atoms with Crippen LogP contribution in [0.1, 0.15) is 31.7 Å². The summed E-state index contributed by atoms with van der Waals surface area (Å²) in [7, 11) is 0. The van der Waals surface area contributed by atoms with Crippen molar-refractivity contribution in [2.45, 2.75) is 32.6 Å². The molecule has 0 spiro atoms. The smallest absolute Gasteiger partial charge is 0.00643 e. The highest BCUT2D eigenvalue weighted by atomic mass is 14.0. The van der Waals surface area contributed by atoms with Crippen LogP contribution in [0.2, 0.25) is 0 Å². The van der Waals surface area contributed by atoms with Crippen LogP contribution < -0.4 is 0 Å². The highest BCUT2D eigenvalue weighted by Gasteiger charge is 1.96. The molecule has 0 aromatic heterocycles. The highest BCUT2D eigenvalue weighted by molar-refractivity contribution is 5.82. The van der Waals surface area contributed by atoms with Crippen LogP contribution in [0.25, 0.3) is 10.8 Å². The second-order valence-corrected chi connectivity index (χ2v) is 4.03. The Balaban J connectivity index is 2.16. The monoisotopic (exact) mass is 197 g/mol. The van der Waals surface area contributed by atoms with Gasteiger partial charge in [-0.3, -0.25) is 0 Å². The van der Waals surface area contributed by atoms with Crippen LogP contribution in [0.3, 0.4) is 0 Å². The highest BCUT2D eigenvalue weighted by Crippen LogP contribution is 2.16. The van der Waals surface area contributed by atoms with E-state index in [0.717, 1.165) is 0 Å². The number of aryl methyl sites for hydroxylation is 1. The Labute approximate surface area is 91.9 Å². The van der Waals surface area contributed by atoms with Crippen LogP contribution in [0.5, 0.6) is 0 Å². The zero-order valence-electron chi connectivity index (χ0n) is 9.29. The number of hydrogen-bond donors (Lipinski definition) is 0. The zero-order valence-corrected chi connectivity index (χ0v) is 9.29. The Bertz CT molecular complexity index is 429. The van der Waals surface area contributed by atoms with Crippen LogP contribution in [-0.2, 0) is 6.42 Å². The van der Waals surface area contributed by atoms with Crippen LogP contribution in [-0.4, -0.2) is 0 Å². The van der Waals surface area contributed by atoms with Crippen molar-refractivity contribution in [1.29, 1.82) is 0 Å². The summed E-state index contributed by atoms with van der Waals surface area (Å²) in [5.74, 6) is 0. The van der Waals surface area contributed by atoms with Crippen molar-refractivity contribution in [2.75, 3.05) is 0 Å². The van der Waals surface area contributed by atoms with E-state index in [4.69, 9.17) is 0 Å². The number of benzene rings is 2. The van der Waals surface area contributed by atoms with E-state index in [1.807, 2.05) is 0 Å². The van der Waals surface area contributed by atoms with Crippen molar-refractivity contribution >= 4 is 10.8 Å². The quantitative estimate of drug-likeness (QED) is 0.638. The van der Waals surface area contributed by atoms with E-state index >= 15 is 0 Å². The normalized spacial score (nSPS) is 10.7. The van der Waals surface area contributed by atoms with Crippen LogP contribution in [0, 0.1) is 6.07 Å². The molecule has 1 radical (unpaired) electrons. The molecule has 0 heteroatoms. The second kappa shape index (κ2) is 4.97. The van der Waals surface area contributed by atoms with Crippen molar-refractivity contribution in [1.82, 2.24) is 0 Å². The molecular weight excluding hydrogens is 180 g/mol. The summed E-state index contributed by atoms with van der Waals surface area (Å²) in [5.41, 5.74) is 1.35. The van der Waals surface area contributed by atoms with Gasteiger partial charge in [0.2, 0.25) is 0 Å². The summed E-state index contributed by atoms with van der Waals surface area (Å²) in [6.45, 7) is 2.24. The molecule has 0 aliphatic heterocycles. The van der Waals surface area contributed by atoms with Crippen LogP contribution in [0.4, 0.5) is 0 Å². The first-order chi connectivity index (χ1) is 7.40. The summed E-state index contributed by atoms with van der Waals surface area (Å²) in [6.07, 6.45) is 5.05. The molecule has 2 aromatic carbocycles. The Morgan fingerprint density at radius 3 is 2.73 bits per heavy atom. The number of unbranched alkanes of at least 4 members (excludes halogenated alkanes) is 2. The average molecular weight is 197 g/mol. The molecule has 0 nitrogen and oxygen atoms in total. The second-order valence-electron chi connectivity index (χ2n) is 4.03. The first kappa shape index (κ1) is 10.2. The van der Waals surface area contributed by atoms with Gasteiger partial charge in [-0.25, -0.2) is 0 Å². The van der Waals surface area contributed by atoms with Gasteiger partial charge < -0.3 is 0 Å². The largest absolute Gasteiger partial charge is 0.0654 e. The van der Waals surface area contributed by atoms with E-state index in [-0.39, 0.29) is 0 Å². The van der Waals surface area contributed by atoms with Gasteiger partial charge in [0.15, 0.2) is 0 Å². The molecule has 0 amide bonds. The summed E-state index contributed by atoms with van der Waals surface area (Å²) < 4.78 is 0. The standard InChI is InChI=1S/C15H17/c1-2-3-4-7-13-10-11-14-8-5-6-9-15(14)12-13/h5-6,8-11H,2-4,7H2,1H3. The molecule has 0 unspecified atom stereocenters. The maximum atomic E-state index is 3.49. The molecule has 0 saturated carbocycles. The zero-order chi connectivity index (χ0) is 10.5. The van der Waals surface area contributed by atoms with Crippen molar-refractivity contribution in [2.24, 2.45) is 0 Å². The van der Waals surface area contributed by atoms with Gasteiger partial charge in [-0.05, 0) is 35.2 Å². The lowest BCUT2D eigenvalue weighted by atomic mass is 10.0. The molecule has 2 aromatic rings. The molecule has 0 aliphatic carbocycles. The van der Waals surface area contributed by atoms with Crippen molar-refractivity contribution < 1.29 is 0 Å². The number of rotatable bonds is 4. The fourth-order valence-corrected chi connectivity index (χ4v) is 1.87. The summed E-state index contributed by atoms with van der Waals surface area (Å²) >= 11 is 0. The van der Waals surface area contributed by atoms with Gasteiger partial charge in [-0.1, -0.05) is 56.2 Å². The third-order valence-corrected chi connectivity index (χ3v) is 2.77. The summed E-state index contributed by atoms with van der Waals surface area (Å²) in [5, 5.41) is 2.53. The average Bonchev–Trinajstić information content (AvgIpc) is 2.29. The van der Waals surface area contributed by atoms with Crippen molar-refractivity contribution in [3.05, 3.63) is 48.0 Å². The number of fused-ring (bicyclic) bond motifs is 1. The summed E-state index contributed by atoms with van der Waals surface area (Å²) in [6, 6.07) is 16.3. The molecule has 77 valence electrons. The van der Waals surface area contributed by atoms with E-state index in [1.165, 1.54) is 42.0 Å². The third kappa shape index (κ3) is 2.59. The molecule has 0 heterocycles. The van der Waals surface area contributed by atoms with E-state index < -0.39 is 0 Å². The molecule has 0 aliphatic rings. The maximum absolute atomic E-state index is 3.49. The minimum absolute atomic E-state index is 1.17. The maximum Gasteiger partial charge on any atom is -0.00643 e. The molecule has 0 N–H and O–H groups in total. The predicted molar refractivity (Wildman–Crippen MR) is 66.0 cm³/mol. The van der Waals surface area contributed by atoms with Gasteiger partial charge in [0.1, 0.15) is 0 Å². The molecule has 0 fully saturated rings. The molecule has 0 atom stereocenters.